The first kappa shape index (κ1) is 16.7. The Hall–Kier alpha value is -1.37. The largest absolute Gasteiger partial charge is 0.417 e. The van der Waals surface area contributed by atoms with Gasteiger partial charge >= 0.3 is 6.18 Å². The maximum Gasteiger partial charge on any atom is 0.417 e. The smallest absolute Gasteiger partial charge is 0.294 e. The lowest BCUT2D eigenvalue weighted by Gasteiger charge is -2.11. The van der Waals surface area contributed by atoms with Gasteiger partial charge in [-0.05, 0) is 12.5 Å². The van der Waals surface area contributed by atoms with Crippen LogP contribution in [0.3, 0.4) is 0 Å². The summed E-state index contributed by atoms with van der Waals surface area (Å²) in [6.07, 6.45) is -4.78. The van der Waals surface area contributed by atoms with Gasteiger partial charge in [-0.2, -0.15) is 13.2 Å². The molecule has 0 aliphatic rings. The van der Waals surface area contributed by atoms with Gasteiger partial charge in [0.25, 0.3) is 0 Å². The molecule has 0 amide bonds. The molecule has 0 unspecified atom stereocenters. The predicted molar refractivity (Wildman–Crippen MR) is 69.3 cm³/mol. The molecule has 0 saturated carbocycles. The number of alkyl halides is 3. The Bertz CT molecular complexity index is 577. The van der Waals surface area contributed by atoms with Gasteiger partial charge in [0.2, 0.25) is 0 Å². The fourth-order valence-electron chi connectivity index (χ4n) is 1.71. The van der Waals surface area contributed by atoms with E-state index in [9.17, 15) is 26.4 Å². The molecular weight excluding hydrogens is 293 g/mol. The van der Waals surface area contributed by atoms with Crippen molar-refractivity contribution in [3.63, 3.8) is 0 Å². The van der Waals surface area contributed by atoms with Crippen LogP contribution in [0.15, 0.2) is 24.3 Å². The lowest BCUT2D eigenvalue weighted by Crippen LogP contribution is -2.14. The highest BCUT2D eigenvalue weighted by molar-refractivity contribution is 7.91. The van der Waals surface area contributed by atoms with Crippen LogP contribution < -0.4 is 0 Å². The van der Waals surface area contributed by atoms with Crippen LogP contribution in [0.5, 0.6) is 0 Å². The molecule has 1 aromatic rings. The van der Waals surface area contributed by atoms with Crippen LogP contribution in [-0.4, -0.2) is 25.7 Å². The van der Waals surface area contributed by atoms with Gasteiger partial charge < -0.3 is 0 Å². The highest BCUT2D eigenvalue weighted by Crippen LogP contribution is 2.32. The summed E-state index contributed by atoms with van der Waals surface area (Å²) in [6, 6.07) is 4.52. The summed E-state index contributed by atoms with van der Waals surface area (Å²) in [5, 5.41) is 0. The zero-order valence-electron chi connectivity index (χ0n) is 10.9. The minimum Gasteiger partial charge on any atom is -0.294 e. The zero-order valence-corrected chi connectivity index (χ0v) is 11.7. The minimum absolute atomic E-state index is 0.0290. The molecule has 7 heteroatoms. The summed E-state index contributed by atoms with van der Waals surface area (Å²) in [5.74, 6) is -0.923. The third-order valence-corrected chi connectivity index (χ3v) is 4.62. The first-order chi connectivity index (χ1) is 9.17. The van der Waals surface area contributed by atoms with Crippen molar-refractivity contribution in [3.05, 3.63) is 35.4 Å². The second-order valence-corrected chi connectivity index (χ2v) is 6.78. The van der Waals surface area contributed by atoms with E-state index in [4.69, 9.17) is 0 Å². The Morgan fingerprint density at radius 1 is 1.20 bits per heavy atom. The number of sulfone groups is 1. The van der Waals surface area contributed by atoms with Crippen molar-refractivity contribution in [1.82, 2.24) is 0 Å². The number of halogens is 3. The van der Waals surface area contributed by atoms with Crippen molar-refractivity contribution >= 4 is 15.6 Å². The van der Waals surface area contributed by atoms with E-state index in [0.29, 0.717) is 0 Å². The summed E-state index contributed by atoms with van der Waals surface area (Å²) in [7, 11) is -3.21. The van der Waals surface area contributed by atoms with E-state index < -0.39 is 32.9 Å². The van der Waals surface area contributed by atoms with Crippen LogP contribution in [0.1, 0.15) is 35.7 Å². The van der Waals surface area contributed by atoms with Crippen LogP contribution in [-0.2, 0) is 16.0 Å². The summed E-state index contributed by atoms with van der Waals surface area (Å²) in [6.45, 7) is 1.48. The van der Waals surface area contributed by atoms with Crippen LogP contribution in [0.2, 0.25) is 0 Å². The van der Waals surface area contributed by atoms with E-state index in [-0.39, 0.29) is 24.3 Å². The molecule has 1 rings (SSSR count). The third kappa shape index (κ3) is 4.63. The molecule has 0 aliphatic carbocycles. The van der Waals surface area contributed by atoms with Gasteiger partial charge in [-0.3, -0.25) is 4.79 Å². The molecule has 0 fully saturated rings. The number of Topliss-reactive ketones (excluding diaryl/α,β-unsaturated/α-hetero) is 1. The lowest BCUT2D eigenvalue weighted by molar-refractivity contribution is -0.137. The van der Waals surface area contributed by atoms with Gasteiger partial charge in [0, 0.05) is 17.7 Å². The molecule has 0 spiro atoms. The van der Waals surface area contributed by atoms with Crippen molar-refractivity contribution in [3.8, 4) is 0 Å². The summed E-state index contributed by atoms with van der Waals surface area (Å²) in [4.78, 5) is 11.8. The van der Waals surface area contributed by atoms with Gasteiger partial charge in [0.05, 0.1) is 11.3 Å². The van der Waals surface area contributed by atoms with Gasteiger partial charge in [0.15, 0.2) is 5.78 Å². The van der Waals surface area contributed by atoms with Gasteiger partial charge in [-0.1, -0.05) is 25.1 Å². The molecule has 112 valence electrons. The first-order valence-electron chi connectivity index (χ1n) is 6.07. The Morgan fingerprint density at radius 3 is 2.35 bits per heavy atom. The van der Waals surface area contributed by atoms with E-state index in [0.717, 1.165) is 12.1 Å². The number of hydrogen-bond donors (Lipinski definition) is 0. The molecule has 3 nitrogen and oxygen atoms in total. The van der Waals surface area contributed by atoms with Crippen LogP contribution in [0.4, 0.5) is 13.2 Å². The fourth-order valence-corrected chi connectivity index (χ4v) is 2.58. The second-order valence-electron chi connectivity index (χ2n) is 4.31. The van der Waals surface area contributed by atoms with E-state index in [2.05, 4.69) is 0 Å². The van der Waals surface area contributed by atoms with Crippen LogP contribution >= 0.6 is 0 Å². The number of rotatable bonds is 6. The van der Waals surface area contributed by atoms with Crippen molar-refractivity contribution in [2.24, 2.45) is 0 Å². The molecule has 0 saturated heterocycles. The Kier molecular flexibility index (Phi) is 5.33. The third-order valence-electron chi connectivity index (χ3n) is 2.83. The second kappa shape index (κ2) is 6.39. The molecule has 20 heavy (non-hydrogen) atoms. The van der Waals surface area contributed by atoms with Gasteiger partial charge in [0.1, 0.15) is 9.84 Å². The predicted octanol–water partition coefficient (Wildman–Crippen LogP) is 3.10. The maximum absolute atomic E-state index is 12.7. The van der Waals surface area contributed by atoms with E-state index in [1.54, 1.807) is 0 Å². The Morgan fingerprint density at radius 2 is 1.80 bits per heavy atom. The zero-order chi connectivity index (χ0) is 15.4. The minimum atomic E-state index is -4.60. The number of carbonyl (C=O) groups is 1. The molecule has 0 aliphatic heterocycles. The van der Waals surface area contributed by atoms with Gasteiger partial charge in [-0.15, -0.1) is 0 Å². The van der Waals surface area contributed by atoms with E-state index in [1.165, 1.54) is 19.1 Å². The average Bonchev–Trinajstić information content (AvgIpc) is 2.37. The molecule has 0 atom stereocenters. The van der Waals surface area contributed by atoms with Crippen molar-refractivity contribution in [1.29, 1.82) is 0 Å². The molecule has 0 N–H and O–H groups in total. The number of ketones is 1. The summed E-state index contributed by atoms with van der Waals surface area (Å²) in [5.41, 5.74) is -1.39. The molecule has 0 aromatic heterocycles. The van der Waals surface area contributed by atoms with Crippen molar-refractivity contribution in [2.45, 2.75) is 25.9 Å². The molecule has 0 radical (unpaired) electrons. The lowest BCUT2D eigenvalue weighted by atomic mass is 10.0. The summed E-state index contributed by atoms with van der Waals surface area (Å²) < 4.78 is 60.7. The number of carbonyl (C=O) groups excluding carboxylic acids is 1. The van der Waals surface area contributed by atoms with E-state index in [1.807, 2.05) is 0 Å². The van der Waals surface area contributed by atoms with E-state index >= 15 is 0 Å². The standard InChI is InChI=1S/C13H15F3O3S/c1-2-20(18,19)9-5-8-12(17)10-6-3-4-7-11(10)13(14,15)16/h3-4,6-7H,2,5,8-9H2,1H3. The molecule has 1 aromatic carbocycles. The number of hydrogen-bond acceptors (Lipinski definition) is 3. The monoisotopic (exact) mass is 308 g/mol. The quantitative estimate of drug-likeness (QED) is 0.759. The molecule has 0 bridgehead atoms. The number of benzene rings is 1. The Labute approximate surface area is 115 Å². The Balaban J connectivity index is 2.79. The highest BCUT2D eigenvalue weighted by Gasteiger charge is 2.34. The maximum atomic E-state index is 12.7. The normalized spacial score (nSPS) is 12.4. The highest BCUT2D eigenvalue weighted by atomic mass is 32.2. The SMILES string of the molecule is CCS(=O)(=O)CCCC(=O)c1ccccc1C(F)(F)F. The van der Waals surface area contributed by atoms with Crippen LogP contribution in [0.25, 0.3) is 0 Å². The molecular formula is C13H15F3O3S. The average molecular weight is 308 g/mol. The van der Waals surface area contributed by atoms with Crippen molar-refractivity contribution in [2.75, 3.05) is 11.5 Å². The first-order valence-corrected chi connectivity index (χ1v) is 7.89. The topological polar surface area (TPSA) is 51.2 Å². The van der Waals surface area contributed by atoms with Crippen LogP contribution in [0, 0.1) is 0 Å². The fraction of sp³-hybridized carbons (Fsp3) is 0.462. The summed E-state index contributed by atoms with van der Waals surface area (Å²) >= 11 is 0. The van der Waals surface area contributed by atoms with Gasteiger partial charge in [-0.25, -0.2) is 8.42 Å². The molecule has 0 heterocycles. The van der Waals surface area contributed by atoms with Crippen molar-refractivity contribution < 1.29 is 26.4 Å².